The van der Waals surface area contributed by atoms with Gasteiger partial charge in [-0.1, -0.05) is 43.1 Å². The van der Waals surface area contributed by atoms with Gasteiger partial charge in [0.25, 0.3) is 5.56 Å². The summed E-state index contributed by atoms with van der Waals surface area (Å²) in [5.41, 5.74) is 0.129. The van der Waals surface area contributed by atoms with Crippen LogP contribution >= 0.6 is 7.75 Å². The second-order valence-electron chi connectivity index (χ2n) is 9.34. The van der Waals surface area contributed by atoms with Crippen molar-refractivity contribution < 1.29 is 38.5 Å². The van der Waals surface area contributed by atoms with Crippen LogP contribution < -0.4 is 20.9 Å². The summed E-state index contributed by atoms with van der Waals surface area (Å²) in [6.45, 7) is 3.20. The molecule has 17 heteroatoms. The molecule has 5 N–H and O–H groups in total. The summed E-state index contributed by atoms with van der Waals surface area (Å²) in [6, 6.07) is 8.45. The molecule has 1 aromatic heterocycles. The third kappa shape index (κ3) is 5.67. The van der Waals surface area contributed by atoms with Crippen molar-refractivity contribution in [2.75, 3.05) is 6.61 Å². The predicted octanol–water partition coefficient (Wildman–Crippen LogP) is 1.09. The molecule has 214 valence electrons. The molecule has 16 nitrogen and oxygen atoms in total. The number of rotatable bonds is 11. The average Bonchev–Trinajstić information content (AvgIpc) is 3.11. The van der Waals surface area contributed by atoms with Crippen LogP contribution in [0.2, 0.25) is 0 Å². The molecule has 1 aliphatic heterocycles. The van der Waals surface area contributed by atoms with E-state index in [1.165, 1.54) is 19.1 Å². The quantitative estimate of drug-likeness (QED) is 0.0831. The maximum absolute atomic E-state index is 14.0. The number of carboxylic acid groups (broad SMARTS) is 1. The smallest absolute Gasteiger partial charge is 0.459 e. The maximum atomic E-state index is 14.0. The number of carbonyl (C=O) groups is 1. The number of hydrogen-bond donors (Lipinski definition) is 5. The topological polar surface area (TPSA) is 238 Å². The molecular formula is C23H27N6O10P. The third-order valence-electron chi connectivity index (χ3n) is 6.46. The molecule has 6 atom stereocenters. The maximum Gasteiger partial charge on any atom is 0.459 e. The largest absolute Gasteiger partial charge is 0.480 e. The zero-order chi connectivity index (χ0) is 29.9. The van der Waals surface area contributed by atoms with Crippen molar-refractivity contribution in [2.24, 2.45) is 11.0 Å². The number of aliphatic carboxylic acids is 1. The van der Waals surface area contributed by atoms with Crippen LogP contribution in [0.15, 0.2) is 57.3 Å². The first kappa shape index (κ1) is 30.6. The second-order valence-corrected chi connectivity index (χ2v) is 11.0. The highest BCUT2D eigenvalue weighted by Gasteiger charge is 2.65. The van der Waals surface area contributed by atoms with Crippen LogP contribution in [0.5, 0.6) is 5.75 Å². The van der Waals surface area contributed by atoms with E-state index in [1.807, 2.05) is 10.9 Å². The van der Waals surface area contributed by atoms with Gasteiger partial charge in [-0.25, -0.2) is 9.36 Å². The lowest BCUT2D eigenvalue weighted by molar-refractivity contribution is -0.145. The SMILES string of the molecule is C#C[C@]1(O)[C@H](n2ccc(=O)[nH]c2=O)O[C@@](COP(=O)(N[C@](C)(C(=O)O)C(C)C)Oc2ccccc2)(N=[N+]=[N-])[C@H]1O. The van der Waals surface area contributed by atoms with E-state index in [0.717, 1.165) is 12.3 Å². The molecule has 0 bridgehead atoms. The molecule has 1 aliphatic rings. The van der Waals surface area contributed by atoms with Crippen LogP contribution in [0.3, 0.4) is 0 Å². The minimum atomic E-state index is -4.73. The van der Waals surface area contributed by atoms with Crippen molar-refractivity contribution in [3.8, 4) is 18.1 Å². The molecule has 0 saturated carbocycles. The van der Waals surface area contributed by atoms with Gasteiger partial charge in [-0.2, -0.15) is 5.09 Å². The van der Waals surface area contributed by atoms with Gasteiger partial charge in [0.15, 0.2) is 11.8 Å². The van der Waals surface area contributed by atoms with E-state index in [-0.39, 0.29) is 5.75 Å². The Balaban J connectivity index is 2.07. The summed E-state index contributed by atoms with van der Waals surface area (Å²) in [5, 5.41) is 37.9. The Morgan fingerprint density at radius 3 is 2.58 bits per heavy atom. The standard InChI is InChI=1S/C23H27N6O10P/c1-5-22(35)17(31)23(26-28-24,38-18(22)29-12-11-16(30)25-20(29)34)13-37-40(36,39-15-9-7-6-8-10-15)27-21(4,14(2)3)19(32)33/h1,6-12,14,17-18,31,35H,13H2,2-4H3,(H,27,36)(H,32,33)(H,25,30,34)/t17-,18+,21-,22+,23+,40?/m0/s1. The summed E-state index contributed by atoms with van der Waals surface area (Å²) in [7, 11) is -4.73. The Morgan fingerprint density at radius 2 is 2.05 bits per heavy atom. The number of aromatic amines is 1. The number of ether oxygens (including phenoxy) is 1. The number of carboxylic acids is 1. The summed E-state index contributed by atoms with van der Waals surface area (Å²) in [5.74, 6) is -0.169. The van der Waals surface area contributed by atoms with Crippen molar-refractivity contribution in [3.05, 3.63) is 73.9 Å². The summed E-state index contributed by atoms with van der Waals surface area (Å²) >= 11 is 0. The number of H-pyrrole nitrogens is 1. The fourth-order valence-electron chi connectivity index (χ4n) is 3.74. The molecule has 3 rings (SSSR count). The van der Waals surface area contributed by atoms with Gasteiger partial charge in [0.05, 0.1) is 6.61 Å². The van der Waals surface area contributed by atoms with E-state index in [9.17, 15) is 39.8 Å². The third-order valence-corrected chi connectivity index (χ3v) is 8.12. The van der Waals surface area contributed by atoms with Crippen LogP contribution in [-0.4, -0.2) is 60.4 Å². The highest BCUT2D eigenvalue weighted by Crippen LogP contribution is 2.51. The first-order valence-electron chi connectivity index (χ1n) is 11.6. The van der Waals surface area contributed by atoms with Gasteiger partial charge in [-0.05, 0) is 30.5 Å². The van der Waals surface area contributed by atoms with E-state index in [4.69, 9.17) is 20.2 Å². The number of aliphatic hydroxyl groups is 2. The van der Waals surface area contributed by atoms with Crippen LogP contribution in [0.4, 0.5) is 0 Å². The number of benzene rings is 1. The highest BCUT2D eigenvalue weighted by atomic mass is 31.2. The summed E-state index contributed by atoms with van der Waals surface area (Å²) in [6.07, 6.45) is 2.14. The van der Waals surface area contributed by atoms with E-state index in [1.54, 1.807) is 32.0 Å². The number of aromatic nitrogens is 2. The Bertz CT molecular complexity index is 1520. The molecule has 0 radical (unpaired) electrons. The van der Waals surface area contributed by atoms with Gasteiger partial charge >= 0.3 is 19.4 Å². The fraction of sp³-hybridized carbons (Fsp3) is 0.435. The monoisotopic (exact) mass is 578 g/mol. The zero-order valence-electron chi connectivity index (χ0n) is 21.5. The molecule has 0 aliphatic carbocycles. The molecule has 0 amide bonds. The molecule has 1 unspecified atom stereocenters. The molecule has 2 heterocycles. The molecule has 40 heavy (non-hydrogen) atoms. The minimum Gasteiger partial charge on any atom is -0.480 e. The predicted molar refractivity (Wildman–Crippen MR) is 138 cm³/mol. The molecule has 1 saturated heterocycles. The van der Waals surface area contributed by atoms with Gasteiger partial charge in [0.1, 0.15) is 17.4 Å². The van der Waals surface area contributed by atoms with E-state index in [2.05, 4.69) is 15.1 Å². The first-order valence-corrected chi connectivity index (χ1v) is 13.2. The summed E-state index contributed by atoms with van der Waals surface area (Å²) in [4.78, 5) is 40.6. The number of para-hydroxylation sites is 1. The molecule has 1 fully saturated rings. The summed E-state index contributed by atoms with van der Waals surface area (Å²) < 4.78 is 31.3. The molecular weight excluding hydrogens is 551 g/mol. The van der Waals surface area contributed by atoms with Crippen LogP contribution in [0, 0.1) is 18.3 Å². The molecule has 2 aromatic rings. The Labute approximate surface area is 226 Å². The van der Waals surface area contributed by atoms with Gasteiger partial charge in [0.2, 0.25) is 5.72 Å². The average molecular weight is 578 g/mol. The van der Waals surface area contributed by atoms with Crippen LogP contribution in [-0.2, 0) is 18.6 Å². The Kier molecular flexibility index (Phi) is 8.63. The fourth-order valence-corrected chi connectivity index (χ4v) is 5.58. The Hall–Kier alpha value is -3.93. The lowest BCUT2D eigenvalue weighted by atomic mass is 9.90. The number of terminal acetylenes is 1. The van der Waals surface area contributed by atoms with Crippen molar-refractivity contribution in [1.29, 1.82) is 0 Å². The van der Waals surface area contributed by atoms with E-state index >= 15 is 0 Å². The normalized spacial score (nSPS) is 27.1. The van der Waals surface area contributed by atoms with Crippen molar-refractivity contribution in [1.82, 2.24) is 14.6 Å². The number of hydrogen-bond acceptors (Lipinski definition) is 10. The first-order chi connectivity index (χ1) is 18.7. The van der Waals surface area contributed by atoms with Crippen LogP contribution in [0.25, 0.3) is 10.4 Å². The van der Waals surface area contributed by atoms with E-state index in [0.29, 0.717) is 4.57 Å². The number of nitrogens with one attached hydrogen (secondary N) is 2. The molecule has 1 aromatic carbocycles. The van der Waals surface area contributed by atoms with Gasteiger partial charge in [0, 0.05) is 17.2 Å². The lowest BCUT2D eigenvalue weighted by Gasteiger charge is -2.35. The zero-order valence-corrected chi connectivity index (χ0v) is 22.4. The Morgan fingerprint density at radius 1 is 1.40 bits per heavy atom. The van der Waals surface area contributed by atoms with Crippen molar-refractivity contribution >= 4 is 13.7 Å². The van der Waals surface area contributed by atoms with Gasteiger partial charge in [-0.15, -0.1) is 6.42 Å². The second kappa shape index (κ2) is 11.3. The highest BCUT2D eigenvalue weighted by molar-refractivity contribution is 7.52. The minimum absolute atomic E-state index is 0.00153. The lowest BCUT2D eigenvalue weighted by Crippen LogP contribution is -2.54. The number of aliphatic hydroxyl groups excluding tert-OH is 1. The van der Waals surface area contributed by atoms with Crippen molar-refractivity contribution in [2.45, 2.75) is 50.0 Å². The van der Waals surface area contributed by atoms with Crippen LogP contribution in [0.1, 0.15) is 27.0 Å². The van der Waals surface area contributed by atoms with Gasteiger partial charge < -0.3 is 24.6 Å². The van der Waals surface area contributed by atoms with Gasteiger partial charge in [-0.3, -0.25) is 23.7 Å². The van der Waals surface area contributed by atoms with E-state index < -0.39 is 66.7 Å². The molecule has 0 spiro atoms. The van der Waals surface area contributed by atoms with Crippen molar-refractivity contribution in [3.63, 3.8) is 0 Å². The number of nitrogens with zero attached hydrogens (tertiary/aromatic N) is 4. The number of azide groups is 1.